The molecule has 2 aromatic heterocycles. The van der Waals surface area contributed by atoms with Crippen LogP contribution in [0, 0.1) is 0 Å². The fourth-order valence-corrected chi connectivity index (χ4v) is 5.23. The van der Waals surface area contributed by atoms with Gasteiger partial charge in [0.05, 0.1) is 25.2 Å². The summed E-state index contributed by atoms with van der Waals surface area (Å²) in [6, 6.07) is 5.18. The molecule has 0 unspecified atom stereocenters. The topological polar surface area (TPSA) is 122 Å². The zero-order valence-electron chi connectivity index (χ0n) is 22.9. The highest BCUT2D eigenvalue weighted by Crippen LogP contribution is 2.36. The van der Waals surface area contributed by atoms with Gasteiger partial charge in [0.2, 0.25) is 0 Å². The lowest BCUT2D eigenvalue weighted by molar-refractivity contribution is 0.0289. The molecule has 1 aromatic carbocycles. The molecular formula is C27H36ClN5O5. The number of hydrogen-bond donors (Lipinski definition) is 3. The van der Waals surface area contributed by atoms with Crippen LogP contribution in [-0.4, -0.2) is 62.6 Å². The van der Waals surface area contributed by atoms with Crippen LogP contribution < -0.4 is 5.32 Å². The van der Waals surface area contributed by atoms with Crippen LogP contribution in [-0.2, 0) is 21.4 Å². The molecule has 1 saturated heterocycles. The second-order valence-corrected chi connectivity index (χ2v) is 12.1. The van der Waals surface area contributed by atoms with E-state index in [0.29, 0.717) is 36.0 Å². The highest BCUT2D eigenvalue weighted by molar-refractivity contribution is 6.32. The second-order valence-electron chi connectivity index (χ2n) is 11.7. The average Bonchev–Trinajstić information content (AvgIpc) is 3.51. The molecule has 1 aliphatic rings. The van der Waals surface area contributed by atoms with Gasteiger partial charge in [-0.3, -0.25) is 5.10 Å². The van der Waals surface area contributed by atoms with Crippen molar-refractivity contribution in [3.05, 3.63) is 40.2 Å². The van der Waals surface area contributed by atoms with Gasteiger partial charge in [0.25, 0.3) is 0 Å². The van der Waals surface area contributed by atoms with Crippen molar-refractivity contribution in [1.82, 2.24) is 19.7 Å². The molecule has 10 nitrogen and oxygen atoms in total. The third kappa shape index (κ3) is 5.55. The summed E-state index contributed by atoms with van der Waals surface area (Å²) < 4.78 is 12.2. The molecule has 0 bridgehead atoms. The standard InChI is InChI=1S/C27H36ClN5O5/c1-26(2,3)18-11-17-20(12-19(18)28)30-31-23(17)29-13-16-10-21(34)22(24(35)37-7)33(16)15-8-9-32(14-15)25(36)38-27(4,5)6/h10-12,15,34H,8-9,13-14H2,1-7H3,(H2,29,30,31)/t15-/m1/s1. The van der Waals surface area contributed by atoms with Crippen molar-refractivity contribution < 1.29 is 24.2 Å². The predicted molar refractivity (Wildman–Crippen MR) is 146 cm³/mol. The molecule has 1 aliphatic heterocycles. The largest absolute Gasteiger partial charge is 0.505 e. The van der Waals surface area contributed by atoms with Gasteiger partial charge in [0.15, 0.2) is 11.5 Å². The third-order valence-electron chi connectivity index (χ3n) is 6.55. The number of aromatic amines is 1. The van der Waals surface area contributed by atoms with Gasteiger partial charge in [0.1, 0.15) is 11.4 Å². The van der Waals surface area contributed by atoms with Crippen molar-refractivity contribution in [2.45, 2.75) is 71.6 Å². The number of halogens is 1. The van der Waals surface area contributed by atoms with Crippen LogP contribution >= 0.6 is 11.6 Å². The fraction of sp³-hybridized carbons (Fsp3) is 0.519. The molecule has 0 radical (unpaired) electrons. The van der Waals surface area contributed by atoms with E-state index in [1.807, 2.05) is 32.9 Å². The summed E-state index contributed by atoms with van der Waals surface area (Å²) in [5.41, 5.74) is 1.73. The molecule has 38 heavy (non-hydrogen) atoms. The summed E-state index contributed by atoms with van der Waals surface area (Å²) >= 11 is 6.52. The van der Waals surface area contributed by atoms with Crippen LogP contribution in [0.2, 0.25) is 5.02 Å². The first kappa shape index (κ1) is 27.6. The van der Waals surface area contributed by atoms with Crippen LogP contribution in [0.15, 0.2) is 18.2 Å². The average molecular weight is 546 g/mol. The first-order valence-electron chi connectivity index (χ1n) is 12.6. The van der Waals surface area contributed by atoms with E-state index in [4.69, 9.17) is 21.1 Å². The highest BCUT2D eigenvalue weighted by atomic mass is 35.5. The maximum Gasteiger partial charge on any atom is 0.410 e. The molecule has 1 amide bonds. The first-order valence-corrected chi connectivity index (χ1v) is 13.0. The first-order chi connectivity index (χ1) is 17.7. The number of amides is 1. The van der Waals surface area contributed by atoms with E-state index in [1.165, 1.54) is 7.11 Å². The van der Waals surface area contributed by atoms with Crippen molar-refractivity contribution in [2.24, 2.45) is 0 Å². The molecule has 0 saturated carbocycles. The minimum Gasteiger partial charge on any atom is -0.505 e. The lowest BCUT2D eigenvalue weighted by atomic mass is 9.86. The van der Waals surface area contributed by atoms with Gasteiger partial charge in [-0.1, -0.05) is 32.4 Å². The Morgan fingerprint density at radius 3 is 2.55 bits per heavy atom. The number of hydrogen-bond acceptors (Lipinski definition) is 7. The van der Waals surface area contributed by atoms with Crippen molar-refractivity contribution >= 4 is 40.4 Å². The van der Waals surface area contributed by atoms with Crippen LogP contribution in [0.25, 0.3) is 10.9 Å². The Kier molecular flexibility index (Phi) is 7.31. The maximum atomic E-state index is 12.7. The van der Waals surface area contributed by atoms with E-state index in [2.05, 4.69) is 36.3 Å². The van der Waals surface area contributed by atoms with Crippen molar-refractivity contribution in [2.75, 3.05) is 25.5 Å². The minimum absolute atomic E-state index is 0.0500. The Hall–Kier alpha value is -3.40. The number of carbonyl (C=O) groups excluding carboxylic acids is 2. The van der Waals surface area contributed by atoms with Crippen LogP contribution in [0.4, 0.5) is 10.6 Å². The molecule has 11 heteroatoms. The number of anilines is 1. The van der Waals surface area contributed by atoms with Crippen molar-refractivity contribution in [1.29, 1.82) is 0 Å². The van der Waals surface area contributed by atoms with E-state index >= 15 is 0 Å². The predicted octanol–water partition coefficient (Wildman–Crippen LogP) is 5.60. The van der Waals surface area contributed by atoms with E-state index in [1.54, 1.807) is 15.5 Å². The summed E-state index contributed by atoms with van der Waals surface area (Å²) in [7, 11) is 1.27. The molecule has 0 aliphatic carbocycles. The van der Waals surface area contributed by atoms with Crippen LogP contribution in [0.3, 0.4) is 0 Å². The van der Waals surface area contributed by atoms with Gasteiger partial charge >= 0.3 is 12.1 Å². The number of H-pyrrole nitrogens is 1. The van der Waals surface area contributed by atoms with E-state index in [-0.39, 0.29) is 29.4 Å². The molecule has 1 fully saturated rings. The normalized spacial score (nSPS) is 16.2. The Balaban J connectivity index is 1.63. The number of likely N-dealkylation sites (tertiary alicyclic amines) is 1. The molecular weight excluding hydrogens is 510 g/mol. The number of ether oxygens (including phenoxy) is 2. The number of aromatic nitrogens is 3. The smallest absolute Gasteiger partial charge is 0.410 e. The fourth-order valence-electron chi connectivity index (χ4n) is 4.78. The SMILES string of the molecule is COC(=O)c1c(O)cc(CNc2n[nH]c3cc(Cl)c(C(C)(C)C)cc23)n1[C@@H]1CCN(C(=O)OC(C)(C)C)C1. The highest BCUT2D eigenvalue weighted by Gasteiger charge is 2.35. The lowest BCUT2D eigenvalue weighted by Gasteiger charge is -2.25. The van der Waals surface area contributed by atoms with Crippen LogP contribution in [0.5, 0.6) is 5.75 Å². The number of fused-ring (bicyclic) bond motifs is 1. The number of aromatic hydroxyl groups is 1. The molecule has 4 rings (SSSR count). The van der Waals surface area contributed by atoms with E-state index in [9.17, 15) is 14.7 Å². The Labute approximate surface area is 227 Å². The van der Waals surface area contributed by atoms with Crippen LogP contribution in [0.1, 0.15) is 75.8 Å². The van der Waals surface area contributed by atoms with E-state index in [0.717, 1.165) is 16.5 Å². The summed E-state index contributed by atoms with van der Waals surface area (Å²) in [5, 5.41) is 23.0. The number of nitrogens with zero attached hydrogens (tertiary/aromatic N) is 3. The maximum absolute atomic E-state index is 12.7. The summed E-state index contributed by atoms with van der Waals surface area (Å²) in [4.78, 5) is 26.9. The summed E-state index contributed by atoms with van der Waals surface area (Å²) in [5.74, 6) is -0.215. The number of nitrogens with one attached hydrogen (secondary N) is 2. The lowest BCUT2D eigenvalue weighted by Crippen LogP contribution is -2.35. The van der Waals surface area contributed by atoms with Gasteiger partial charge in [-0.25, -0.2) is 9.59 Å². The Morgan fingerprint density at radius 1 is 1.21 bits per heavy atom. The Bertz CT molecular complexity index is 1360. The van der Waals surface area contributed by atoms with Crippen molar-refractivity contribution in [3.8, 4) is 5.75 Å². The summed E-state index contributed by atoms with van der Waals surface area (Å²) in [6.45, 7) is 12.8. The molecule has 3 N–H and O–H groups in total. The Morgan fingerprint density at radius 2 is 1.92 bits per heavy atom. The number of methoxy groups -OCH3 is 1. The van der Waals surface area contributed by atoms with Gasteiger partial charge in [-0.05, 0) is 50.3 Å². The van der Waals surface area contributed by atoms with Crippen molar-refractivity contribution in [3.63, 3.8) is 0 Å². The minimum atomic E-state index is -0.654. The molecule has 206 valence electrons. The monoisotopic (exact) mass is 545 g/mol. The molecule has 3 heterocycles. The zero-order chi connectivity index (χ0) is 28.0. The second kappa shape index (κ2) is 10.1. The molecule has 0 spiro atoms. The number of benzene rings is 1. The van der Waals surface area contributed by atoms with Gasteiger partial charge in [-0.15, -0.1) is 0 Å². The zero-order valence-corrected chi connectivity index (χ0v) is 23.7. The van der Waals surface area contributed by atoms with Gasteiger partial charge < -0.3 is 29.4 Å². The number of carbonyl (C=O) groups is 2. The van der Waals surface area contributed by atoms with Gasteiger partial charge in [0, 0.05) is 35.3 Å². The van der Waals surface area contributed by atoms with Gasteiger partial charge in [-0.2, -0.15) is 5.10 Å². The third-order valence-corrected chi connectivity index (χ3v) is 6.86. The van der Waals surface area contributed by atoms with E-state index < -0.39 is 17.7 Å². The summed E-state index contributed by atoms with van der Waals surface area (Å²) in [6.07, 6.45) is 0.176. The number of esters is 1. The quantitative estimate of drug-likeness (QED) is 0.357. The number of rotatable bonds is 5. The molecule has 1 atom stereocenters. The molecule has 3 aromatic rings.